The highest BCUT2D eigenvalue weighted by Crippen LogP contribution is 2.23. The van der Waals surface area contributed by atoms with E-state index in [0.717, 1.165) is 22.9 Å². The van der Waals surface area contributed by atoms with Crippen LogP contribution in [0.5, 0.6) is 5.75 Å². The summed E-state index contributed by atoms with van der Waals surface area (Å²) in [6, 6.07) is 15.7. The molecule has 0 aliphatic heterocycles. The molecule has 1 fully saturated rings. The summed E-state index contributed by atoms with van der Waals surface area (Å²) in [6.07, 6.45) is 7.10. The van der Waals surface area contributed by atoms with Gasteiger partial charge in [0.2, 0.25) is 0 Å². The van der Waals surface area contributed by atoms with Gasteiger partial charge in [0.1, 0.15) is 12.4 Å². The van der Waals surface area contributed by atoms with Crippen molar-refractivity contribution in [2.24, 2.45) is 0 Å². The molecule has 3 nitrogen and oxygen atoms in total. The van der Waals surface area contributed by atoms with Gasteiger partial charge in [-0.3, -0.25) is 4.79 Å². The summed E-state index contributed by atoms with van der Waals surface area (Å²) in [5, 5.41) is 3.20. The van der Waals surface area contributed by atoms with Crippen molar-refractivity contribution in [3.63, 3.8) is 0 Å². The zero-order valence-electron chi connectivity index (χ0n) is 14.3. The van der Waals surface area contributed by atoms with E-state index in [1.54, 1.807) is 0 Å². The molecule has 2 aromatic rings. The number of benzene rings is 2. The van der Waals surface area contributed by atoms with Gasteiger partial charge in [0, 0.05) is 16.1 Å². The van der Waals surface area contributed by atoms with Crippen LogP contribution in [0.25, 0.3) is 0 Å². The van der Waals surface area contributed by atoms with Crippen LogP contribution in [0.3, 0.4) is 0 Å². The van der Waals surface area contributed by atoms with Crippen molar-refractivity contribution in [1.29, 1.82) is 0 Å². The minimum atomic E-state index is -0.0328. The van der Waals surface area contributed by atoms with E-state index in [2.05, 4.69) is 21.2 Å². The summed E-state index contributed by atoms with van der Waals surface area (Å²) in [6.45, 7) is 0.426. The number of ether oxygens (including phenoxy) is 1. The van der Waals surface area contributed by atoms with E-state index in [9.17, 15) is 4.79 Å². The first-order chi connectivity index (χ1) is 12.2. The second kappa shape index (κ2) is 9.04. The van der Waals surface area contributed by atoms with Gasteiger partial charge in [0.15, 0.2) is 0 Å². The Balaban J connectivity index is 1.67. The maximum Gasteiger partial charge on any atom is 0.255 e. The Morgan fingerprint density at radius 3 is 2.44 bits per heavy atom. The van der Waals surface area contributed by atoms with Crippen LogP contribution < -0.4 is 10.1 Å². The zero-order chi connectivity index (χ0) is 17.5. The maximum absolute atomic E-state index is 12.7. The maximum atomic E-state index is 12.7. The van der Waals surface area contributed by atoms with Gasteiger partial charge in [0.05, 0.1) is 5.56 Å². The van der Waals surface area contributed by atoms with Crippen LogP contribution in [0.1, 0.15) is 54.4 Å². The van der Waals surface area contributed by atoms with Gasteiger partial charge in [0.25, 0.3) is 5.91 Å². The minimum absolute atomic E-state index is 0.0328. The molecule has 0 bridgehead atoms. The number of halogens is 1. The Morgan fingerprint density at radius 2 is 1.68 bits per heavy atom. The molecule has 1 N–H and O–H groups in total. The number of carbonyl (C=O) groups is 1. The molecule has 0 atom stereocenters. The first kappa shape index (κ1) is 18.0. The third-order valence-electron chi connectivity index (χ3n) is 4.66. The smallest absolute Gasteiger partial charge is 0.255 e. The fourth-order valence-corrected chi connectivity index (χ4v) is 3.64. The average Bonchev–Trinajstić information content (AvgIpc) is 2.90. The molecule has 132 valence electrons. The fraction of sp³-hybridized carbons (Fsp3) is 0.381. The molecule has 4 heteroatoms. The second-order valence-corrected chi connectivity index (χ2v) is 7.39. The molecule has 1 saturated carbocycles. The molecule has 25 heavy (non-hydrogen) atoms. The largest absolute Gasteiger partial charge is 0.488 e. The molecule has 2 aromatic carbocycles. The fourth-order valence-electron chi connectivity index (χ4n) is 3.24. The summed E-state index contributed by atoms with van der Waals surface area (Å²) in [4.78, 5) is 12.7. The van der Waals surface area contributed by atoms with Crippen molar-refractivity contribution >= 4 is 21.8 Å². The number of rotatable bonds is 5. The van der Waals surface area contributed by atoms with Gasteiger partial charge in [-0.05, 0) is 31.0 Å². The second-order valence-electron chi connectivity index (χ2n) is 6.54. The van der Waals surface area contributed by atoms with Crippen LogP contribution in [0.2, 0.25) is 0 Å². The highest BCUT2D eigenvalue weighted by molar-refractivity contribution is 9.10. The van der Waals surface area contributed by atoms with Gasteiger partial charge >= 0.3 is 0 Å². The topological polar surface area (TPSA) is 38.3 Å². The molecule has 0 aromatic heterocycles. The minimum Gasteiger partial charge on any atom is -0.488 e. The van der Waals surface area contributed by atoms with Gasteiger partial charge in [-0.1, -0.05) is 71.9 Å². The van der Waals surface area contributed by atoms with Crippen LogP contribution >= 0.6 is 15.9 Å². The van der Waals surface area contributed by atoms with E-state index >= 15 is 0 Å². The Labute approximate surface area is 157 Å². The van der Waals surface area contributed by atoms with Crippen LogP contribution in [-0.2, 0) is 6.61 Å². The third kappa shape index (κ3) is 5.08. The van der Waals surface area contributed by atoms with Crippen molar-refractivity contribution in [2.45, 2.75) is 51.2 Å². The molecule has 0 saturated heterocycles. The predicted molar refractivity (Wildman–Crippen MR) is 104 cm³/mol. The molecule has 0 spiro atoms. The summed E-state index contributed by atoms with van der Waals surface area (Å²) in [5.74, 6) is 0.596. The lowest BCUT2D eigenvalue weighted by Gasteiger charge is -2.18. The molecule has 0 heterocycles. The van der Waals surface area contributed by atoms with Crippen LogP contribution in [-0.4, -0.2) is 11.9 Å². The van der Waals surface area contributed by atoms with E-state index < -0.39 is 0 Å². The first-order valence-electron chi connectivity index (χ1n) is 9.00. The molecule has 3 rings (SSSR count). The van der Waals surface area contributed by atoms with E-state index in [1.165, 1.54) is 25.7 Å². The van der Waals surface area contributed by atoms with E-state index in [1.807, 2.05) is 48.5 Å². The SMILES string of the molecule is O=C(NC1CCCCCC1)c1ccccc1OCc1ccccc1Br. The molecular weight excluding hydrogens is 378 g/mol. The van der Waals surface area contributed by atoms with E-state index in [0.29, 0.717) is 17.9 Å². The Morgan fingerprint density at radius 1 is 1.00 bits per heavy atom. The Bertz CT molecular complexity index is 709. The summed E-state index contributed by atoms with van der Waals surface area (Å²) in [7, 11) is 0. The first-order valence-corrected chi connectivity index (χ1v) is 9.79. The summed E-state index contributed by atoms with van der Waals surface area (Å²) in [5.41, 5.74) is 1.67. The average molecular weight is 402 g/mol. The van der Waals surface area contributed by atoms with Crippen molar-refractivity contribution in [3.05, 3.63) is 64.1 Å². The summed E-state index contributed by atoms with van der Waals surface area (Å²) >= 11 is 3.53. The number of amides is 1. The number of nitrogens with one attached hydrogen (secondary N) is 1. The molecule has 0 radical (unpaired) electrons. The lowest BCUT2D eigenvalue weighted by atomic mass is 10.1. The number of hydrogen-bond donors (Lipinski definition) is 1. The van der Waals surface area contributed by atoms with Crippen molar-refractivity contribution in [2.75, 3.05) is 0 Å². The van der Waals surface area contributed by atoms with Gasteiger partial charge in [-0.2, -0.15) is 0 Å². The highest BCUT2D eigenvalue weighted by atomic mass is 79.9. The van der Waals surface area contributed by atoms with Crippen molar-refractivity contribution in [1.82, 2.24) is 5.32 Å². The lowest BCUT2D eigenvalue weighted by Crippen LogP contribution is -2.34. The Kier molecular flexibility index (Phi) is 6.51. The highest BCUT2D eigenvalue weighted by Gasteiger charge is 2.18. The third-order valence-corrected chi connectivity index (χ3v) is 5.44. The van der Waals surface area contributed by atoms with Gasteiger partial charge in [-0.15, -0.1) is 0 Å². The van der Waals surface area contributed by atoms with Gasteiger partial charge < -0.3 is 10.1 Å². The van der Waals surface area contributed by atoms with Gasteiger partial charge in [-0.25, -0.2) is 0 Å². The summed E-state index contributed by atoms with van der Waals surface area (Å²) < 4.78 is 6.96. The molecular formula is C21H24BrNO2. The predicted octanol–water partition coefficient (Wildman–Crippen LogP) is 5.48. The van der Waals surface area contributed by atoms with Crippen molar-refractivity contribution in [3.8, 4) is 5.75 Å². The number of para-hydroxylation sites is 1. The monoisotopic (exact) mass is 401 g/mol. The van der Waals surface area contributed by atoms with E-state index in [-0.39, 0.29) is 11.9 Å². The Hall–Kier alpha value is -1.81. The zero-order valence-corrected chi connectivity index (χ0v) is 15.9. The lowest BCUT2D eigenvalue weighted by molar-refractivity contribution is 0.0929. The standard InChI is InChI=1S/C21H24BrNO2/c22-19-13-7-5-9-16(19)15-25-20-14-8-6-12-18(20)21(24)23-17-10-3-1-2-4-11-17/h5-9,12-14,17H,1-4,10-11,15H2,(H,23,24). The molecule has 1 amide bonds. The van der Waals surface area contributed by atoms with Crippen LogP contribution in [0, 0.1) is 0 Å². The number of carbonyl (C=O) groups excluding carboxylic acids is 1. The van der Waals surface area contributed by atoms with E-state index in [4.69, 9.17) is 4.74 Å². The molecule has 1 aliphatic rings. The van der Waals surface area contributed by atoms with Crippen LogP contribution in [0.15, 0.2) is 53.0 Å². The van der Waals surface area contributed by atoms with Crippen molar-refractivity contribution < 1.29 is 9.53 Å². The molecule has 0 unspecified atom stereocenters. The normalized spacial score (nSPS) is 15.4. The van der Waals surface area contributed by atoms with Crippen LogP contribution in [0.4, 0.5) is 0 Å². The quantitative estimate of drug-likeness (QED) is 0.673. The number of hydrogen-bond acceptors (Lipinski definition) is 2. The molecule has 1 aliphatic carbocycles.